The molecule has 1 saturated heterocycles. The average Bonchev–Trinajstić information content (AvgIpc) is 2.96. The number of ketones is 1. The Morgan fingerprint density at radius 3 is 2.17 bits per heavy atom. The number of nitrogens with zero attached hydrogens (tertiary/aromatic N) is 1. The summed E-state index contributed by atoms with van der Waals surface area (Å²) in [6.07, 6.45) is 0. The zero-order valence-corrected chi connectivity index (χ0v) is 18.2. The van der Waals surface area contributed by atoms with E-state index in [9.17, 15) is 14.7 Å². The van der Waals surface area contributed by atoms with Gasteiger partial charge in [-0.05, 0) is 23.5 Å². The van der Waals surface area contributed by atoms with Gasteiger partial charge in [0.05, 0.1) is 18.2 Å². The Morgan fingerprint density at radius 1 is 1.03 bits per heavy atom. The maximum Gasteiger partial charge on any atom is 0.295 e. The molecule has 1 atom stereocenters. The van der Waals surface area contributed by atoms with Gasteiger partial charge in [-0.25, -0.2) is 0 Å². The van der Waals surface area contributed by atoms with E-state index in [4.69, 9.17) is 4.74 Å². The van der Waals surface area contributed by atoms with Crippen LogP contribution in [0, 0.1) is 6.92 Å². The number of carbonyl (C=O) groups excluding carboxylic acids is 2. The van der Waals surface area contributed by atoms with Gasteiger partial charge in [0.1, 0.15) is 5.76 Å². The number of aliphatic hydroxyl groups excluding tert-OH is 1. The normalized spacial score (nSPS) is 18.8. The number of ether oxygens (including phenoxy) is 1. The van der Waals surface area contributed by atoms with Crippen molar-refractivity contribution in [3.8, 4) is 0 Å². The van der Waals surface area contributed by atoms with E-state index in [2.05, 4.69) is 20.8 Å². The Kier molecular flexibility index (Phi) is 6.13. The molecule has 0 spiro atoms. The molecule has 30 heavy (non-hydrogen) atoms. The lowest BCUT2D eigenvalue weighted by molar-refractivity contribution is -0.140. The maximum absolute atomic E-state index is 12.9. The number of aliphatic hydroxyl groups is 1. The van der Waals surface area contributed by atoms with Crippen LogP contribution in [0.2, 0.25) is 0 Å². The molecule has 0 radical (unpaired) electrons. The third-order valence-corrected chi connectivity index (χ3v) is 5.49. The summed E-state index contributed by atoms with van der Waals surface area (Å²) in [5.41, 5.74) is 3.59. The largest absolute Gasteiger partial charge is 0.507 e. The fourth-order valence-electron chi connectivity index (χ4n) is 3.68. The molecule has 2 aromatic rings. The summed E-state index contributed by atoms with van der Waals surface area (Å²) in [4.78, 5) is 27.2. The van der Waals surface area contributed by atoms with Crippen LogP contribution in [0.4, 0.5) is 0 Å². The molecule has 1 aliphatic heterocycles. The summed E-state index contributed by atoms with van der Waals surface area (Å²) in [6.45, 7) is 8.90. The summed E-state index contributed by atoms with van der Waals surface area (Å²) >= 11 is 0. The topological polar surface area (TPSA) is 66.8 Å². The number of methoxy groups -OCH3 is 1. The summed E-state index contributed by atoms with van der Waals surface area (Å²) in [7, 11) is 1.55. The number of hydrogen-bond donors (Lipinski definition) is 1. The van der Waals surface area contributed by atoms with E-state index in [0.29, 0.717) is 12.2 Å². The van der Waals surface area contributed by atoms with Gasteiger partial charge in [0.25, 0.3) is 11.7 Å². The molecule has 0 saturated carbocycles. The zero-order chi connectivity index (χ0) is 22.1. The standard InChI is InChI=1S/C25H29NO4/c1-16-6-8-18(9-7-16)22(27)20-21(26(14-15-30-5)24(29)23(20)28)17-10-12-19(13-11-17)25(2,3)4/h6-13,21,27H,14-15H2,1-5H3/b22-20+/t21-/m0/s1. The van der Waals surface area contributed by atoms with Crippen molar-refractivity contribution in [3.63, 3.8) is 0 Å². The summed E-state index contributed by atoms with van der Waals surface area (Å²) in [5, 5.41) is 11.0. The lowest BCUT2D eigenvalue weighted by atomic mass is 9.85. The SMILES string of the molecule is COCCN1C(=O)C(=O)/C(=C(/O)c2ccc(C)cc2)[C@@H]1c1ccc(C(C)(C)C)cc1. The Morgan fingerprint density at radius 2 is 1.63 bits per heavy atom. The van der Waals surface area contributed by atoms with E-state index < -0.39 is 17.7 Å². The number of Topliss-reactive ketones (excluding diaryl/α,β-unsaturated/α-hetero) is 1. The smallest absolute Gasteiger partial charge is 0.295 e. The lowest BCUT2D eigenvalue weighted by Gasteiger charge is -2.26. The highest BCUT2D eigenvalue weighted by Crippen LogP contribution is 2.39. The third kappa shape index (κ3) is 4.17. The van der Waals surface area contributed by atoms with E-state index in [-0.39, 0.29) is 23.3 Å². The number of hydrogen-bond acceptors (Lipinski definition) is 4. The number of amides is 1. The molecule has 1 fully saturated rings. The molecule has 1 heterocycles. The Bertz CT molecular complexity index is 966. The number of aryl methyl sites for hydroxylation is 1. The van der Waals surface area contributed by atoms with Gasteiger partial charge in [0.15, 0.2) is 0 Å². The second kappa shape index (κ2) is 8.44. The molecule has 5 heteroatoms. The van der Waals surface area contributed by atoms with E-state index >= 15 is 0 Å². The van der Waals surface area contributed by atoms with Gasteiger partial charge in [0.2, 0.25) is 0 Å². The van der Waals surface area contributed by atoms with Gasteiger partial charge < -0.3 is 14.7 Å². The van der Waals surface area contributed by atoms with Crippen molar-refractivity contribution in [1.29, 1.82) is 0 Å². The first-order chi connectivity index (χ1) is 14.1. The highest BCUT2D eigenvalue weighted by atomic mass is 16.5. The minimum absolute atomic E-state index is 0.0156. The van der Waals surface area contributed by atoms with E-state index in [1.807, 2.05) is 43.3 Å². The highest BCUT2D eigenvalue weighted by molar-refractivity contribution is 6.46. The van der Waals surface area contributed by atoms with Crippen molar-refractivity contribution < 1.29 is 19.4 Å². The Labute approximate surface area is 178 Å². The van der Waals surface area contributed by atoms with Crippen molar-refractivity contribution in [1.82, 2.24) is 4.90 Å². The van der Waals surface area contributed by atoms with Gasteiger partial charge in [-0.3, -0.25) is 9.59 Å². The van der Waals surface area contributed by atoms with Crippen LogP contribution in [0.1, 0.15) is 49.1 Å². The fourth-order valence-corrected chi connectivity index (χ4v) is 3.68. The second-order valence-electron chi connectivity index (χ2n) is 8.72. The number of rotatable bonds is 5. The van der Waals surface area contributed by atoms with Gasteiger partial charge in [-0.1, -0.05) is 74.9 Å². The average molecular weight is 408 g/mol. The zero-order valence-electron chi connectivity index (χ0n) is 18.2. The van der Waals surface area contributed by atoms with Crippen LogP contribution < -0.4 is 0 Å². The van der Waals surface area contributed by atoms with E-state index in [1.165, 1.54) is 4.90 Å². The first-order valence-corrected chi connectivity index (χ1v) is 10.1. The Balaban J connectivity index is 2.13. The molecule has 3 rings (SSSR count). The second-order valence-corrected chi connectivity index (χ2v) is 8.72. The van der Waals surface area contributed by atoms with Crippen molar-refractivity contribution in [2.45, 2.75) is 39.2 Å². The highest BCUT2D eigenvalue weighted by Gasteiger charge is 2.45. The molecule has 1 aliphatic rings. The molecular formula is C25H29NO4. The van der Waals surface area contributed by atoms with Crippen LogP contribution in [-0.2, 0) is 19.7 Å². The van der Waals surface area contributed by atoms with Gasteiger partial charge in [-0.15, -0.1) is 0 Å². The minimum Gasteiger partial charge on any atom is -0.507 e. The number of carbonyl (C=O) groups is 2. The predicted octanol–water partition coefficient (Wildman–Crippen LogP) is 4.36. The summed E-state index contributed by atoms with van der Waals surface area (Å²) in [5.74, 6) is -1.45. The molecule has 0 aromatic heterocycles. The molecule has 0 aliphatic carbocycles. The molecule has 1 amide bonds. The van der Waals surface area contributed by atoms with Crippen LogP contribution in [0.15, 0.2) is 54.1 Å². The van der Waals surface area contributed by atoms with Crippen molar-refractivity contribution in [3.05, 3.63) is 76.4 Å². The Hall–Kier alpha value is -2.92. The lowest BCUT2D eigenvalue weighted by Crippen LogP contribution is -2.32. The fraction of sp³-hybridized carbons (Fsp3) is 0.360. The monoisotopic (exact) mass is 407 g/mol. The maximum atomic E-state index is 12.9. The van der Waals surface area contributed by atoms with Crippen LogP contribution >= 0.6 is 0 Å². The molecule has 5 nitrogen and oxygen atoms in total. The van der Waals surface area contributed by atoms with Gasteiger partial charge >= 0.3 is 0 Å². The molecule has 1 N–H and O–H groups in total. The molecule has 0 unspecified atom stereocenters. The molecule has 0 bridgehead atoms. The quantitative estimate of drug-likeness (QED) is 0.454. The van der Waals surface area contributed by atoms with E-state index in [0.717, 1.165) is 16.7 Å². The predicted molar refractivity (Wildman–Crippen MR) is 117 cm³/mol. The van der Waals surface area contributed by atoms with Crippen molar-refractivity contribution >= 4 is 17.4 Å². The number of likely N-dealkylation sites (tertiary alicyclic amines) is 1. The first kappa shape index (κ1) is 21.8. The molecular weight excluding hydrogens is 378 g/mol. The van der Waals surface area contributed by atoms with E-state index in [1.54, 1.807) is 19.2 Å². The summed E-state index contributed by atoms with van der Waals surface area (Å²) in [6, 6.07) is 14.5. The molecule has 158 valence electrons. The molecule has 2 aromatic carbocycles. The van der Waals surface area contributed by atoms with Gasteiger partial charge in [0, 0.05) is 19.2 Å². The third-order valence-electron chi connectivity index (χ3n) is 5.49. The van der Waals surface area contributed by atoms with Gasteiger partial charge in [-0.2, -0.15) is 0 Å². The van der Waals surface area contributed by atoms with Crippen LogP contribution in [0.25, 0.3) is 5.76 Å². The van der Waals surface area contributed by atoms with Crippen molar-refractivity contribution in [2.24, 2.45) is 0 Å². The summed E-state index contributed by atoms with van der Waals surface area (Å²) < 4.78 is 5.15. The van der Waals surface area contributed by atoms with Crippen LogP contribution in [0.5, 0.6) is 0 Å². The van der Waals surface area contributed by atoms with Crippen LogP contribution in [-0.4, -0.2) is 42.0 Å². The van der Waals surface area contributed by atoms with Crippen LogP contribution in [0.3, 0.4) is 0 Å². The first-order valence-electron chi connectivity index (χ1n) is 10.1. The number of benzene rings is 2. The van der Waals surface area contributed by atoms with Crippen molar-refractivity contribution in [2.75, 3.05) is 20.3 Å². The minimum atomic E-state index is -0.672.